The predicted molar refractivity (Wildman–Crippen MR) is 110 cm³/mol. The third-order valence-electron chi connectivity index (χ3n) is 3.67. The number of hydrogen-bond donors (Lipinski definition) is 2. The summed E-state index contributed by atoms with van der Waals surface area (Å²) in [5, 5.41) is 3.68. The van der Waals surface area contributed by atoms with Crippen molar-refractivity contribution in [3.05, 3.63) is 63.6 Å². The topological polar surface area (TPSA) is 97.4 Å². The first kappa shape index (κ1) is 20.1. The van der Waals surface area contributed by atoms with Crippen molar-refractivity contribution >= 4 is 50.2 Å². The van der Waals surface area contributed by atoms with Gasteiger partial charge in [0.15, 0.2) is 0 Å². The van der Waals surface area contributed by atoms with Crippen LogP contribution in [0.3, 0.4) is 0 Å². The van der Waals surface area contributed by atoms with E-state index in [9.17, 15) is 13.2 Å². The van der Waals surface area contributed by atoms with Crippen LogP contribution in [-0.4, -0.2) is 26.4 Å². The van der Waals surface area contributed by atoms with Crippen LogP contribution in [0.25, 0.3) is 0 Å². The van der Waals surface area contributed by atoms with Crippen molar-refractivity contribution in [3.8, 4) is 5.75 Å². The van der Waals surface area contributed by atoms with Gasteiger partial charge in [-0.1, -0.05) is 23.7 Å². The Morgan fingerprint density at radius 1 is 1.21 bits per heavy atom. The number of carbonyl (C=O) groups excluding carboxylic acids is 1. The Balaban J connectivity index is 1.92. The Labute approximate surface area is 171 Å². The number of carbonyl (C=O) groups is 1. The molecule has 10 heteroatoms. The fraction of sp³-hybridized carbons (Fsp3) is 0.111. The Kier molecular flexibility index (Phi) is 5.87. The number of sulfonamides is 1. The monoisotopic (exact) mass is 437 g/mol. The van der Waals surface area contributed by atoms with Crippen LogP contribution < -0.4 is 14.8 Å². The summed E-state index contributed by atoms with van der Waals surface area (Å²) < 4.78 is 33.4. The normalized spacial score (nSPS) is 11.1. The van der Waals surface area contributed by atoms with Gasteiger partial charge in [0.25, 0.3) is 15.9 Å². The summed E-state index contributed by atoms with van der Waals surface area (Å²) in [6.07, 6.45) is 1.47. The van der Waals surface area contributed by atoms with Crippen LogP contribution in [0.4, 0.5) is 11.4 Å². The second kappa shape index (κ2) is 8.17. The van der Waals surface area contributed by atoms with E-state index in [0.717, 1.165) is 5.01 Å². The Bertz CT molecular complexity index is 1130. The zero-order valence-corrected chi connectivity index (χ0v) is 17.3. The van der Waals surface area contributed by atoms with Crippen LogP contribution in [0.5, 0.6) is 5.75 Å². The molecule has 0 spiro atoms. The van der Waals surface area contributed by atoms with Gasteiger partial charge in [0.05, 0.1) is 29.0 Å². The Hall–Kier alpha value is -2.62. The van der Waals surface area contributed by atoms with Gasteiger partial charge >= 0.3 is 0 Å². The summed E-state index contributed by atoms with van der Waals surface area (Å²) in [7, 11) is -2.65. The highest BCUT2D eigenvalue weighted by Gasteiger charge is 2.22. The average molecular weight is 438 g/mol. The Morgan fingerprint density at radius 2 is 1.96 bits per heavy atom. The van der Waals surface area contributed by atoms with Crippen LogP contribution in [-0.2, 0) is 10.0 Å². The first-order valence-electron chi connectivity index (χ1n) is 7.99. The van der Waals surface area contributed by atoms with Crippen molar-refractivity contribution in [2.45, 2.75) is 11.8 Å². The van der Waals surface area contributed by atoms with E-state index in [-0.39, 0.29) is 27.3 Å². The molecule has 0 aliphatic carbocycles. The molecule has 0 bridgehead atoms. The molecule has 1 heterocycles. The van der Waals surface area contributed by atoms with Crippen LogP contribution in [0, 0.1) is 6.92 Å². The zero-order valence-electron chi connectivity index (χ0n) is 14.9. The molecule has 2 N–H and O–H groups in total. The first-order valence-corrected chi connectivity index (χ1v) is 10.7. The van der Waals surface area contributed by atoms with E-state index in [1.807, 2.05) is 0 Å². The number of ether oxygens (including phenoxy) is 1. The van der Waals surface area contributed by atoms with Gasteiger partial charge in [-0.25, -0.2) is 13.4 Å². The van der Waals surface area contributed by atoms with Crippen molar-refractivity contribution in [1.29, 1.82) is 0 Å². The van der Waals surface area contributed by atoms with Gasteiger partial charge in [-0.15, -0.1) is 11.3 Å². The molecule has 0 aliphatic heterocycles. The van der Waals surface area contributed by atoms with E-state index < -0.39 is 10.0 Å². The quantitative estimate of drug-likeness (QED) is 0.603. The largest absolute Gasteiger partial charge is 0.495 e. The van der Waals surface area contributed by atoms with Gasteiger partial charge < -0.3 is 10.1 Å². The minimum absolute atomic E-state index is 0.131. The molecular weight excluding hydrogens is 422 g/mol. The number of anilines is 2. The summed E-state index contributed by atoms with van der Waals surface area (Å²) >= 11 is 7.28. The van der Waals surface area contributed by atoms with Crippen LogP contribution in [0.1, 0.15) is 14.7 Å². The maximum Gasteiger partial charge on any atom is 0.267 e. The fourth-order valence-electron chi connectivity index (χ4n) is 2.37. The number of hydrogen-bond acceptors (Lipinski definition) is 6. The molecule has 0 radical (unpaired) electrons. The highest BCUT2D eigenvalue weighted by atomic mass is 35.5. The average Bonchev–Trinajstić information content (AvgIpc) is 3.10. The molecule has 3 aromatic rings. The van der Waals surface area contributed by atoms with Crippen LogP contribution in [0.2, 0.25) is 5.02 Å². The summed E-state index contributed by atoms with van der Waals surface area (Å²) in [5.74, 6) is -0.246. The number of aromatic nitrogens is 1. The molecule has 0 unspecified atom stereocenters. The van der Waals surface area contributed by atoms with Crippen LogP contribution >= 0.6 is 22.9 Å². The molecule has 7 nitrogen and oxygen atoms in total. The highest BCUT2D eigenvalue weighted by molar-refractivity contribution is 7.92. The number of aryl methyl sites for hydroxylation is 1. The van der Waals surface area contributed by atoms with Crippen molar-refractivity contribution in [2.24, 2.45) is 0 Å². The van der Waals surface area contributed by atoms with Crippen molar-refractivity contribution in [1.82, 2.24) is 4.98 Å². The molecule has 0 fully saturated rings. The van der Waals surface area contributed by atoms with E-state index in [1.165, 1.54) is 36.8 Å². The van der Waals surface area contributed by atoms with Gasteiger partial charge in [-0.2, -0.15) is 0 Å². The number of nitrogens with one attached hydrogen (secondary N) is 2. The molecular formula is C18H16ClN3O4S2. The third kappa shape index (κ3) is 4.44. The number of para-hydroxylation sites is 1. The molecule has 0 aliphatic rings. The summed E-state index contributed by atoms with van der Waals surface area (Å²) in [4.78, 5) is 16.7. The van der Waals surface area contributed by atoms with E-state index in [0.29, 0.717) is 10.6 Å². The molecule has 3 rings (SSSR count). The third-order valence-corrected chi connectivity index (χ3v) is 6.30. The minimum atomic E-state index is -4.02. The first-order chi connectivity index (χ1) is 13.3. The minimum Gasteiger partial charge on any atom is -0.495 e. The summed E-state index contributed by atoms with van der Waals surface area (Å²) in [6.45, 7) is 1.79. The van der Waals surface area contributed by atoms with Gasteiger partial charge in [0.1, 0.15) is 15.5 Å². The molecule has 1 amide bonds. The SMILES string of the molecule is COc1ccc(NC(=O)c2cnc(C)s2)cc1S(=O)(=O)Nc1ccccc1Cl. The van der Waals surface area contributed by atoms with Gasteiger partial charge in [0, 0.05) is 5.69 Å². The molecule has 28 heavy (non-hydrogen) atoms. The predicted octanol–water partition coefficient (Wildman–Crippen LogP) is 4.17. The smallest absolute Gasteiger partial charge is 0.267 e. The number of methoxy groups -OCH3 is 1. The summed E-state index contributed by atoms with van der Waals surface area (Å²) in [6, 6.07) is 10.8. The van der Waals surface area contributed by atoms with E-state index in [4.69, 9.17) is 16.3 Å². The second-order valence-corrected chi connectivity index (χ2v) is 8.94. The lowest BCUT2D eigenvalue weighted by molar-refractivity contribution is 0.103. The van der Waals surface area contributed by atoms with E-state index in [1.54, 1.807) is 37.3 Å². The van der Waals surface area contributed by atoms with Gasteiger partial charge in [-0.3, -0.25) is 9.52 Å². The van der Waals surface area contributed by atoms with Crippen molar-refractivity contribution in [3.63, 3.8) is 0 Å². The van der Waals surface area contributed by atoms with E-state index in [2.05, 4.69) is 15.0 Å². The van der Waals surface area contributed by atoms with Gasteiger partial charge in [0.2, 0.25) is 0 Å². The maximum absolute atomic E-state index is 12.9. The highest BCUT2D eigenvalue weighted by Crippen LogP contribution is 2.31. The van der Waals surface area contributed by atoms with Gasteiger partial charge in [-0.05, 0) is 37.3 Å². The molecule has 0 saturated heterocycles. The Morgan fingerprint density at radius 3 is 2.61 bits per heavy atom. The van der Waals surface area contributed by atoms with E-state index >= 15 is 0 Å². The van der Waals surface area contributed by atoms with Crippen LogP contribution in [0.15, 0.2) is 53.6 Å². The number of rotatable bonds is 6. The van der Waals surface area contributed by atoms with Crippen molar-refractivity contribution < 1.29 is 17.9 Å². The number of nitrogens with zero attached hydrogens (tertiary/aromatic N) is 1. The maximum atomic E-state index is 12.9. The second-order valence-electron chi connectivity index (χ2n) is 5.65. The molecule has 0 atom stereocenters. The molecule has 146 valence electrons. The summed E-state index contributed by atoms with van der Waals surface area (Å²) in [5.41, 5.74) is 0.539. The van der Waals surface area contributed by atoms with Crippen molar-refractivity contribution in [2.75, 3.05) is 17.1 Å². The fourth-order valence-corrected chi connectivity index (χ4v) is 4.55. The molecule has 1 aromatic heterocycles. The zero-order chi connectivity index (χ0) is 20.3. The lowest BCUT2D eigenvalue weighted by atomic mass is 10.3. The molecule has 0 saturated carbocycles. The standard InChI is InChI=1S/C18H16ClN3O4S2/c1-11-20-10-16(27-11)18(23)21-12-7-8-15(26-2)17(9-12)28(24,25)22-14-6-4-3-5-13(14)19/h3-10,22H,1-2H3,(H,21,23). The number of thiazole rings is 1. The number of amides is 1. The number of benzene rings is 2. The number of halogens is 1. The molecule has 2 aromatic carbocycles. The lowest BCUT2D eigenvalue weighted by Gasteiger charge is -2.14. The lowest BCUT2D eigenvalue weighted by Crippen LogP contribution is -2.16.